The van der Waals surface area contributed by atoms with Gasteiger partial charge in [0.25, 0.3) is 11.2 Å². The summed E-state index contributed by atoms with van der Waals surface area (Å²) in [5.74, 6) is -4.41. The summed E-state index contributed by atoms with van der Waals surface area (Å²) >= 11 is 0. The summed E-state index contributed by atoms with van der Waals surface area (Å²) in [4.78, 5) is 49.1. The maximum Gasteiger partial charge on any atom is 0.350 e. The Bertz CT molecular complexity index is 418. The number of rotatable bonds is 10. The molecule has 0 saturated heterocycles. The average molecular weight is 362 g/mol. The van der Waals surface area contributed by atoms with Gasteiger partial charge in [0.15, 0.2) is 0 Å². The summed E-state index contributed by atoms with van der Waals surface area (Å²) in [5.41, 5.74) is -4.72. The van der Waals surface area contributed by atoms with E-state index in [9.17, 15) is 19.2 Å². The zero-order valence-electron chi connectivity index (χ0n) is 15.5. The molecule has 0 radical (unpaired) electrons. The minimum atomic E-state index is -2.36. The fraction of sp³-hybridized carbons (Fsp3) is 0.750. The van der Waals surface area contributed by atoms with Crippen molar-refractivity contribution in [1.82, 2.24) is 0 Å². The summed E-state index contributed by atoms with van der Waals surface area (Å²) in [6.45, 7) is 8.02. The van der Waals surface area contributed by atoms with Gasteiger partial charge in [0.2, 0.25) is 0 Å². The van der Waals surface area contributed by atoms with Gasteiger partial charge >= 0.3 is 23.9 Å². The lowest BCUT2D eigenvalue weighted by Crippen LogP contribution is -2.59. The Morgan fingerprint density at radius 2 is 0.760 bits per heavy atom. The number of carbonyl (C=O) groups excluding carboxylic acids is 4. The molecule has 0 rings (SSSR count). The van der Waals surface area contributed by atoms with E-state index in [0.717, 1.165) is 13.8 Å². The van der Waals surface area contributed by atoms with Gasteiger partial charge in [0.1, 0.15) is 0 Å². The van der Waals surface area contributed by atoms with Crippen LogP contribution in [0.5, 0.6) is 0 Å². The number of hydrogen-bond acceptors (Lipinski definition) is 9. The first-order valence-corrected chi connectivity index (χ1v) is 8.02. The minimum absolute atomic E-state index is 0.0489. The van der Waals surface area contributed by atoms with Crippen molar-refractivity contribution in [3.05, 3.63) is 0 Å². The van der Waals surface area contributed by atoms with Gasteiger partial charge in [-0.3, -0.25) is 0 Å². The molecule has 0 aromatic carbocycles. The topological polar surface area (TPSA) is 114 Å². The Balaban J connectivity index is 5.96. The number of carbonyl (C=O) groups is 4. The third-order valence-corrected chi connectivity index (χ3v) is 3.07. The van der Waals surface area contributed by atoms with E-state index in [4.69, 9.17) is 23.7 Å². The molecule has 0 fully saturated rings. The molecule has 144 valence electrons. The third-order valence-electron chi connectivity index (χ3n) is 3.07. The van der Waals surface area contributed by atoms with Gasteiger partial charge in [-0.2, -0.15) is 0 Å². The lowest BCUT2D eigenvalue weighted by Gasteiger charge is -2.33. The molecule has 0 N–H and O–H groups in total. The van der Waals surface area contributed by atoms with E-state index in [0.29, 0.717) is 0 Å². The molecule has 0 amide bonds. The normalized spacial score (nSPS) is 11.4. The molecule has 0 aromatic rings. The van der Waals surface area contributed by atoms with Crippen LogP contribution in [0.15, 0.2) is 0 Å². The molecule has 9 nitrogen and oxygen atoms in total. The van der Waals surface area contributed by atoms with E-state index in [1.165, 1.54) is 27.7 Å². The standard InChI is InChI=1S/C16H26O9/c1-7-21-11(17)15(5,12(18)22-8-2)25-16(6,13(19)23-9-3)14(20)24-10-4/h7-10H2,1-6H3. The number of ether oxygens (including phenoxy) is 5. The second-order valence-electron chi connectivity index (χ2n) is 5.05. The molecule has 0 heterocycles. The minimum Gasteiger partial charge on any atom is -0.463 e. The predicted octanol–water partition coefficient (Wildman–Crippen LogP) is 0.773. The number of esters is 4. The van der Waals surface area contributed by atoms with Crippen LogP contribution in [0.1, 0.15) is 41.5 Å². The second kappa shape index (κ2) is 9.97. The van der Waals surface area contributed by atoms with Crippen molar-refractivity contribution in [3.8, 4) is 0 Å². The highest BCUT2D eigenvalue weighted by molar-refractivity contribution is 6.07. The zero-order chi connectivity index (χ0) is 19.7. The molecule has 0 aromatic heterocycles. The van der Waals surface area contributed by atoms with Crippen LogP contribution in [0.3, 0.4) is 0 Å². The number of hydrogen-bond donors (Lipinski definition) is 0. The maximum absolute atomic E-state index is 12.3. The summed E-state index contributed by atoms with van der Waals surface area (Å²) < 4.78 is 24.7. The van der Waals surface area contributed by atoms with E-state index in [-0.39, 0.29) is 26.4 Å². The van der Waals surface area contributed by atoms with Crippen molar-refractivity contribution in [2.75, 3.05) is 26.4 Å². The van der Waals surface area contributed by atoms with Crippen LogP contribution in [0, 0.1) is 0 Å². The van der Waals surface area contributed by atoms with Gasteiger partial charge in [-0.05, 0) is 41.5 Å². The first-order valence-electron chi connectivity index (χ1n) is 8.02. The van der Waals surface area contributed by atoms with Gasteiger partial charge in [-0.15, -0.1) is 0 Å². The molecule has 0 saturated carbocycles. The van der Waals surface area contributed by atoms with Crippen LogP contribution >= 0.6 is 0 Å². The fourth-order valence-electron chi connectivity index (χ4n) is 1.82. The molecular weight excluding hydrogens is 336 g/mol. The van der Waals surface area contributed by atoms with Crippen LogP contribution in [-0.2, 0) is 42.9 Å². The van der Waals surface area contributed by atoms with Crippen molar-refractivity contribution < 1.29 is 42.9 Å². The largest absolute Gasteiger partial charge is 0.463 e. The van der Waals surface area contributed by atoms with Crippen molar-refractivity contribution >= 4 is 23.9 Å². The first kappa shape index (κ1) is 22.8. The molecular formula is C16H26O9. The summed E-state index contributed by atoms with van der Waals surface area (Å²) in [5, 5.41) is 0. The fourth-order valence-corrected chi connectivity index (χ4v) is 1.82. The Morgan fingerprint density at radius 3 is 0.920 bits per heavy atom. The molecule has 0 aliphatic rings. The highest BCUT2D eigenvalue weighted by Crippen LogP contribution is 2.27. The summed E-state index contributed by atoms with van der Waals surface area (Å²) in [6.07, 6.45) is 0. The van der Waals surface area contributed by atoms with Crippen LogP contribution < -0.4 is 0 Å². The van der Waals surface area contributed by atoms with E-state index >= 15 is 0 Å². The van der Waals surface area contributed by atoms with Crippen molar-refractivity contribution in [2.24, 2.45) is 0 Å². The zero-order valence-corrected chi connectivity index (χ0v) is 15.5. The van der Waals surface area contributed by atoms with Gasteiger partial charge in [0, 0.05) is 0 Å². The molecule has 25 heavy (non-hydrogen) atoms. The van der Waals surface area contributed by atoms with E-state index < -0.39 is 35.1 Å². The average Bonchev–Trinajstić information content (AvgIpc) is 2.55. The lowest BCUT2D eigenvalue weighted by molar-refractivity contribution is -0.220. The quantitative estimate of drug-likeness (QED) is 0.316. The highest BCUT2D eigenvalue weighted by Gasteiger charge is 2.57. The highest BCUT2D eigenvalue weighted by atomic mass is 16.7. The summed E-state index contributed by atoms with van der Waals surface area (Å²) in [7, 11) is 0. The molecule has 0 unspecified atom stereocenters. The summed E-state index contributed by atoms with van der Waals surface area (Å²) in [6, 6.07) is 0. The van der Waals surface area contributed by atoms with Crippen molar-refractivity contribution in [2.45, 2.75) is 52.7 Å². The van der Waals surface area contributed by atoms with Gasteiger partial charge < -0.3 is 23.7 Å². The van der Waals surface area contributed by atoms with Crippen LogP contribution in [0.25, 0.3) is 0 Å². The molecule has 0 spiro atoms. The molecule has 0 bridgehead atoms. The second-order valence-corrected chi connectivity index (χ2v) is 5.05. The van der Waals surface area contributed by atoms with Crippen LogP contribution in [0.4, 0.5) is 0 Å². The van der Waals surface area contributed by atoms with E-state index in [1.54, 1.807) is 0 Å². The molecule has 0 aliphatic carbocycles. The van der Waals surface area contributed by atoms with Crippen molar-refractivity contribution in [1.29, 1.82) is 0 Å². The monoisotopic (exact) mass is 362 g/mol. The predicted molar refractivity (Wildman–Crippen MR) is 84.4 cm³/mol. The molecule has 9 heteroatoms. The third kappa shape index (κ3) is 5.42. The first-order chi connectivity index (χ1) is 11.6. The Kier molecular flexibility index (Phi) is 9.11. The van der Waals surface area contributed by atoms with Gasteiger partial charge in [-0.25, -0.2) is 19.2 Å². The van der Waals surface area contributed by atoms with E-state index in [2.05, 4.69) is 0 Å². The Labute approximate surface area is 146 Å². The maximum atomic E-state index is 12.3. The lowest BCUT2D eigenvalue weighted by atomic mass is 10.0. The van der Waals surface area contributed by atoms with Crippen LogP contribution in [0.2, 0.25) is 0 Å². The van der Waals surface area contributed by atoms with E-state index in [1.807, 2.05) is 0 Å². The molecule has 0 atom stereocenters. The van der Waals surface area contributed by atoms with Crippen molar-refractivity contribution in [3.63, 3.8) is 0 Å². The van der Waals surface area contributed by atoms with Gasteiger partial charge in [-0.1, -0.05) is 0 Å². The smallest absolute Gasteiger partial charge is 0.350 e. The Morgan fingerprint density at radius 1 is 0.560 bits per heavy atom. The van der Waals surface area contributed by atoms with Gasteiger partial charge in [0.05, 0.1) is 26.4 Å². The Hall–Kier alpha value is -2.16. The SMILES string of the molecule is CCOC(=O)C(C)(OC(C)(C(=O)OCC)C(=O)OCC)C(=O)OCC. The molecule has 0 aliphatic heterocycles. The van der Waals surface area contributed by atoms with Crippen LogP contribution in [-0.4, -0.2) is 61.5 Å².